The number of hydrogen-bond donors (Lipinski definition) is 1. The van der Waals surface area contributed by atoms with Gasteiger partial charge in [-0.2, -0.15) is 0 Å². The van der Waals surface area contributed by atoms with Crippen molar-refractivity contribution in [3.05, 3.63) is 40.8 Å². The van der Waals surface area contributed by atoms with E-state index in [1.54, 1.807) is 30.9 Å². The van der Waals surface area contributed by atoms with E-state index in [4.69, 9.17) is 16.3 Å². The second-order valence-electron chi connectivity index (χ2n) is 5.01. The van der Waals surface area contributed by atoms with Crippen LogP contribution in [-0.2, 0) is 7.05 Å². The number of aryl methyl sites for hydroxylation is 2. The molecule has 5 nitrogen and oxygen atoms in total. The summed E-state index contributed by atoms with van der Waals surface area (Å²) >= 11 is 6.05. The molecule has 1 N–H and O–H groups in total. The monoisotopic (exact) mass is 322 g/mol. The molecule has 0 aliphatic heterocycles. The maximum absolute atomic E-state index is 13.5. The minimum atomic E-state index is -0.552. The van der Waals surface area contributed by atoms with Gasteiger partial charge in [-0.3, -0.25) is 0 Å². The molecule has 0 aliphatic rings. The van der Waals surface area contributed by atoms with Crippen LogP contribution in [0.2, 0.25) is 5.02 Å². The molecule has 114 valence electrons. The molecule has 3 rings (SSSR count). The van der Waals surface area contributed by atoms with Crippen LogP contribution in [0.25, 0.3) is 22.6 Å². The van der Waals surface area contributed by atoms with E-state index < -0.39 is 5.82 Å². The van der Waals surface area contributed by atoms with Gasteiger partial charge in [0.05, 0.1) is 12.7 Å². The Labute approximate surface area is 131 Å². The van der Waals surface area contributed by atoms with E-state index in [-0.39, 0.29) is 5.65 Å². The standard InChI is InChI=1S/C15H14ClFN3O2/c1-8-4-9(16)5-12(22-3)13(8)15-18-14-11(19(15)2)6-10(17)7-20(14)21/h4-7,21H,1-3H3/q+1. The van der Waals surface area contributed by atoms with Crippen LogP contribution in [0.3, 0.4) is 0 Å². The van der Waals surface area contributed by atoms with Crippen molar-refractivity contribution in [3.63, 3.8) is 0 Å². The Morgan fingerprint density at radius 3 is 2.77 bits per heavy atom. The van der Waals surface area contributed by atoms with Crippen LogP contribution in [0.4, 0.5) is 4.39 Å². The summed E-state index contributed by atoms with van der Waals surface area (Å²) in [6, 6.07) is 4.80. The van der Waals surface area contributed by atoms with Gasteiger partial charge in [-0.1, -0.05) is 11.6 Å². The molecule has 2 aromatic heterocycles. The zero-order chi connectivity index (χ0) is 16.0. The largest absolute Gasteiger partial charge is 0.496 e. The second-order valence-corrected chi connectivity index (χ2v) is 5.44. The van der Waals surface area contributed by atoms with Gasteiger partial charge in [0, 0.05) is 18.1 Å². The molecule has 1 aromatic carbocycles. The number of aromatic nitrogens is 3. The fourth-order valence-corrected chi connectivity index (χ4v) is 2.82. The number of imidazole rings is 1. The number of fused-ring (bicyclic) bond motifs is 1. The summed E-state index contributed by atoms with van der Waals surface area (Å²) in [6.45, 7) is 1.89. The van der Waals surface area contributed by atoms with Crippen molar-refractivity contribution in [1.82, 2.24) is 9.55 Å². The van der Waals surface area contributed by atoms with E-state index in [1.165, 1.54) is 6.07 Å². The number of ether oxygens (including phenoxy) is 1. The Morgan fingerprint density at radius 1 is 1.36 bits per heavy atom. The van der Waals surface area contributed by atoms with Gasteiger partial charge in [-0.05, 0) is 34.3 Å². The van der Waals surface area contributed by atoms with Gasteiger partial charge in [-0.25, -0.2) is 4.39 Å². The quantitative estimate of drug-likeness (QED) is 0.583. The van der Waals surface area contributed by atoms with E-state index in [2.05, 4.69) is 4.98 Å². The van der Waals surface area contributed by atoms with Gasteiger partial charge in [0.1, 0.15) is 11.3 Å². The predicted octanol–water partition coefficient (Wildman–Crippen LogP) is 2.87. The van der Waals surface area contributed by atoms with Gasteiger partial charge >= 0.3 is 5.65 Å². The minimum Gasteiger partial charge on any atom is -0.496 e. The molecule has 2 heterocycles. The van der Waals surface area contributed by atoms with Gasteiger partial charge in [0.25, 0.3) is 5.82 Å². The first-order chi connectivity index (χ1) is 10.4. The van der Waals surface area contributed by atoms with Crippen LogP contribution in [0.15, 0.2) is 24.4 Å². The zero-order valence-electron chi connectivity index (χ0n) is 12.3. The molecule has 0 atom stereocenters. The summed E-state index contributed by atoms with van der Waals surface area (Å²) < 4.78 is 21.3. The third-order valence-corrected chi connectivity index (χ3v) is 3.78. The average molecular weight is 323 g/mol. The summed E-state index contributed by atoms with van der Waals surface area (Å²) in [7, 11) is 3.29. The maximum Gasteiger partial charge on any atom is 0.388 e. The molecule has 7 heteroatoms. The molecule has 0 saturated carbocycles. The molecule has 0 saturated heterocycles. The van der Waals surface area contributed by atoms with Crippen molar-refractivity contribution in [2.75, 3.05) is 7.11 Å². The summed E-state index contributed by atoms with van der Waals surface area (Å²) in [4.78, 5) is 4.41. The first-order valence-electron chi connectivity index (χ1n) is 6.53. The molecular weight excluding hydrogens is 309 g/mol. The fraction of sp³-hybridized carbons (Fsp3) is 0.200. The predicted molar refractivity (Wildman–Crippen MR) is 79.8 cm³/mol. The Kier molecular flexibility index (Phi) is 3.41. The smallest absolute Gasteiger partial charge is 0.388 e. The third-order valence-electron chi connectivity index (χ3n) is 3.56. The zero-order valence-corrected chi connectivity index (χ0v) is 13.0. The summed E-state index contributed by atoms with van der Waals surface area (Å²) in [6.07, 6.45) is 0.963. The molecule has 0 aliphatic carbocycles. The van der Waals surface area contributed by atoms with E-state index in [9.17, 15) is 9.60 Å². The van der Waals surface area contributed by atoms with Crippen LogP contribution in [0, 0.1) is 12.7 Å². The number of hydrogen-bond acceptors (Lipinski definition) is 3. The molecule has 0 bridgehead atoms. The topological polar surface area (TPSA) is 51.2 Å². The highest BCUT2D eigenvalue weighted by atomic mass is 35.5. The summed E-state index contributed by atoms with van der Waals surface area (Å²) in [5.41, 5.74) is 2.34. The normalized spacial score (nSPS) is 11.1. The average Bonchev–Trinajstić information content (AvgIpc) is 2.76. The van der Waals surface area contributed by atoms with Crippen LogP contribution in [-0.4, -0.2) is 21.9 Å². The third kappa shape index (κ3) is 2.16. The first kappa shape index (κ1) is 14.6. The van der Waals surface area contributed by atoms with Crippen molar-refractivity contribution >= 4 is 22.8 Å². The van der Waals surface area contributed by atoms with Crippen LogP contribution in [0.5, 0.6) is 5.75 Å². The van der Waals surface area contributed by atoms with Crippen molar-refractivity contribution < 1.29 is 19.1 Å². The second kappa shape index (κ2) is 5.14. The van der Waals surface area contributed by atoms with E-state index in [1.807, 2.05) is 6.92 Å². The molecule has 0 spiro atoms. The molecular formula is C15H14ClFN3O2+. The SMILES string of the molecule is COc1cc(Cl)cc(C)c1-c1nc2c(cc(F)c[n+]2O)n1C. The highest BCUT2D eigenvalue weighted by molar-refractivity contribution is 6.31. The Bertz CT molecular complexity index is 892. The Morgan fingerprint density at radius 2 is 2.09 bits per heavy atom. The molecule has 3 aromatic rings. The first-order valence-corrected chi connectivity index (χ1v) is 6.91. The lowest BCUT2D eigenvalue weighted by Crippen LogP contribution is -2.31. The molecule has 0 fully saturated rings. The van der Waals surface area contributed by atoms with Gasteiger partial charge in [0.2, 0.25) is 0 Å². The molecule has 0 amide bonds. The molecule has 0 radical (unpaired) electrons. The minimum absolute atomic E-state index is 0.260. The van der Waals surface area contributed by atoms with E-state index >= 15 is 0 Å². The van der Waals surface area contributed by atoms with Crippen LogP contribution >= 0.6 is 11.6 Å². The van der Waals surface area contributed by atoms with Crippen molar-refractivity contribution in [2.45, 2.75) is 6.92 Å². The number of methoxy groups -OCH3 is 1. The lowest BCUT2D eigenvalue weighted by Gasteiger charge is -2.09. The number of benzene rings is 1. The highest BCUT2D eigenvalue weighted by Crippen LogP contribution is 2.36. The molecule has 22 heavy (non-hydrogen) atoms. The highest BCUT2D eigenvalue weighted by Gasteiger charge is 2.26. The summed E-state index contributed by atoms with van der Waals surface area (Å²) in [5.74, 6) is 0.562. The van der Waals surface area contributed by atoms with Crippen molar-refractivity contribution in [1.29, 1.82) is 0 Å². The molecule has 0 unspecified atom stereocenters. The number of halogens is 2. The van der Waals surface area contributed by atoms with Crippen LogP contribution < -0.4 is 9.47 Å². The van der Waals surface area contributed by atoms with Gasteiger partial charge in [-0.15, -0.1) is 0 Å². The fourth-order valence-electron chi connectivity index (χ4n) is 2.56. The Balaban J connectivity index is 2.37. The van der Waals surface area contributed by atoms with Gasteiger partial charge in [0.15, 0.2) is 12.0 Å². The van der Waals surface area contributed by atoms with E-state index in [0.29, 0.717) is 26.8 Å². The Hall–Kier alpha value is -2.34. The number of pyridine rings is 1. The van der Waals surface area contributed by atoms with Crippen molar-refractivity contribution in [2.24, 2.45) is 7.05 Å². The summed E-state index contributed by atoms with van der Waals surface area (Å²) in [5, 5.41) is 10.4. The van der Waals surface area contributed by atoms with E-state index in [0.717, 1.165) is 17.3 Å². The van der Waals surface area contributed by atoms with Crippen molar-refractivity contribution in [3.8, 4) is 17.1 Å². The van der Waals surface area contributed by atoms with Crippen LogP contribution in [0.1, 0.15) is 5.56 Å². The maximum atomic E-state index is 13.5. The number of rotatable bonds is 2. The lowest BCUT2D eigenvalue weighted by atomic mass is 10.1. The number of nitrogens with zero attached hydrogens (tertiary/aromatic N) is 3. The lowest BCUT2D eigenvalue weighted by molar-refractivity contribution is -0.886. The van der Waals surface area contributed by atoms with Gasteiger partial charge < -0.3 is 14.5 Å².